The van der Waals surface area contributed by atoms with Crippen LogP contribution in [0.3, 0.4) is 0 Å². The zero-order chi connectivity index (χ0) is 24.7. The third-order valence-corrected chi connectivity index (χ3v) is 6.65. The van der Waals surface area contributed by atoms with Gasteiger partial charge in [-0.25, -0.2) is 0 Å². The van der Waals surface area contributed by atoms with E-state index in [1.807, 2.05) is 89.8 Å². The number of nitrogens with zero attached hydrogens (tertiary/aromatic N) is 4. The molecule has 1 atom stereocenters. The highest BCUT2D eigenvalue weighted by molar-refractivity contribution is 5.95. The van der Waals surface area contributed by atoms with Crippen molar-refractivity contribution < 1.29 is 9.53 Å². The van der Waals surface area contributed by atoms with Gasteiger partial charge in [-0.3, -0.25) is 4.79 Å². The average molecular weight is 479 g/mol. The lowest BCUT2D eigenvalue weighted by Gasteiger charge is -2.35. The number of benzene rings is 3. The third-order valence-electron chi connectivity index (χ3n) is 6.65. The molecule has 1 aromatic heterocycles. The summed E-state index contributed by atoms with van der Waals surface area (Å²) in [5.41, 5.74) is 3.83. The van der Waals surface area contributed by atoms with Gasteiger partial charge in [-0.2, -0.15) is 0 Å². The van der Waals surface area contributed by atoms with Crippen molar-refractivity contribution in [2.45, 2.75) is 19.4 Å². The summed E-state index contributed by atoms with van der Waals surface area (Å²) < 4.78 is 5.24. The van der Waals surface area contributed by atoms with E-state index in [1.54, 1.807) is 7.11 Å². The normalized spacial score (nSPS) is 15.4. The predicted octanol–water partition coefficient (Wildman–Crippen LogP) is 5.60. The molecule has 1 aliphatic rings. The number of methoxy groups -OCH3 is 1. The van der Waals surface area contributed by atoms with Crippen molar-refractivity contribution in [1.82, 2.24) is 10.2 Å². The minimum absolute atomic E-state index is 0.106. The Morgan fingerprint density at radius 1 is 0.917 bits per heavy atom. The van der Waals surface area contributed by atoms with Crippen LogP contribution in [-0.2, 0) is 11.3 Å². The second-order valence-electron chi connectivity index (χ2n) is 9.04. The van der Waals surface area contributed by atoms with Crippen LogP contribution >= 0.6 is 0 Å². The molecule has 3 aromatic carbocycles. The molecule has 0 spiro atoms. The smallest absolute Gasteiger partial charge is 0.232 e. The van der Waals surface area contributed by atoms with Gasteiger partial charge in [0.05, 0.1) is 25.3 Å². The van der Waals surface area contributed by atoms with Gasteiger partial charge < -0.3 is 14.5 Å². The topological polar surface area (TPSA) is 58.6 Å². The predicted molar refractivity (Wildman–Crippen MR) is 143 cm³/mol. The molecular formula is C30H30N4O2. The van der Waals surface area contributed by atoms with Gasteiger partial charge in [-0.1, -0.05) is 48.5 Å². The van der Waals surface area contributed by atoms with E-state index in [1.165, 1.54) is 0 Å². The summed E-state index contributed by atoms with van der Waals surface area (Å²) in [4.78, 5) is 17.9. The molecule has 5 rings (SSSR count). The van der Waals surface area contributed by atoms with Crippen LogP contribution in [0.1, 0.15) is 18.4 Å². The Morgan fingerprint density at radius 2 is 1.64 bits per heavy atom. The number of hydrogen-bond acceptors (Lipinski definition) is 5. The van der Waals surface area contributed by atoms with Crippen LogP contribution in [0.25, 0.3) is 11.3 Å². The Morgan fingerprint density at radius 3 is 2.31 bits per heavy atom. The number of piperidine rings is 1. The zero-order valence-electron chi connectivity index (χ0n) is 20.5. The lowest BCUT2D eigenvalue weighted by Crippen LogP contribution is -2.45. The summed E-state index contributed by atoms with van der Waals surface area (Å²) in [5, 5.41) is 8.97. The number of carbonyl (C=O) groups excluding carboxylic acids is 1. The molecule has 1 amide bonds. The lowest BCUT2D eigenvalue weighted by atomic mass is 9.95. The molecule has 182 valence electrons. The van der Waals surface area contributed by atoms with Gasteiger partial charge in [0.25, 0.3) is 0 Å². The molecular weight excluding hydrogens is 448 g/mol. The molecule has 4 aromatic rings. The van der Waals surface area contributed by atoms with Gasteiger partial charge in [-0.05, 0) is 66.9 Å². The van der Waals surface area contributed by atoms with Gasteiger partial charge in [0.2, 0.25) is 5.91 Å². The summed E-state index contributed by atoms with van der Waals surface area (Å²) >= 11 is 0. The largest absolute Gasteiger partial charge is 0.497 e. The number of hydrogen-bond donors (Lipinski definition) is 0. The Kier molecular flexibility index (Phi) is 7.22. The zero-order valence-corrected chi connectivity index (χ0v) is 20.5. The molecule has 2 heterocycles. The summed E-state index contributed by atoms with van der Waals surface area (Å²) in [7, 11) is 1.65. The van der Waals surface area contributed by atoms with Crippen molar-refractivity contribution in [3.05, 3.63) is 103 Å². The highest BCUT2D eigenvalue weighted by Crippen LogP contribution is 2.28. The lowest BCUT2D eigenvalue weighted by molar-refractivity contribution is -0.122. The fourth-order valence-corrected chi connectivity index (χ4v) is 4.69. The summed E-state index contributed by atoms with van der Waals surface area (Å²) in [6.07, 6.45) is 1.80. The molecule has 0 bridgehead atoms. The fraction of sp³-hybridized carbons (Fsp3) is 0.233. The average Bonchev–Trinajstić information content (AvgIpc) is 2.97. The van der Waals surface area contributed by atoms with E-state index in [2.05, 4.69) is 27.2 Å². The molecule has 0 aliphatic carbocycles. The summed E-state index contributed by atoms with van der Waals surface area (Å²) in [5.74, 6) is 1.66. The second kappa shape index (κ2) is 11.0. The van der Waals surface area contributed by atoms with Crippen molar-refractivity contribution in [3.63, 3.8) is 0 Å². The molecule has 6 nitrogen and oxygen atoms in total. The molecule has 1 aliphatic heterocycles. The number of aromatic nitrogens is 2. The van der Waals surface area contributed by atoms with Crippen LogP contribution in [-0.4, -0.2) is 36.3 Å². The fourth-order valence-electron chi connectivity index (χ4n) is 4.69. The molecule has 0 radical (unpaired) electrons. The first-order valence-corrected chi connectivity index (χ1v) is 12.3. The highest BCUT2D eigenvalue weighted by Gasteiger charge is 2.31. The first-order chi connectivity index (χ1) is 17.7. The monoisotopic (exact) mass is 478 g/mol. The highest BCUT2D eigenvalue weighted by atomic mass is 16.5. The summed E-state index contributed by atoms with van der Waals surface area (Å²) in [6, 6.07) is 31.9. The van der Waals surface area contributed by atoms with Gasteiger partial charge >= 0.3 is 0 Å². The van der Waals surface area contributed by atoms with Gasteiger partial charge in [0, 0.05) is 24.3 Å². The Hall–Kier alpha value is -4.19. The van der Waals surface area contributed by atoms with E-state index in [9.17, 15) is 4.79 Å². The van der Waals surface area contributed by atoms with Gasteiger partial charge in [-0.15, -0.1) is 10.2 Å². The van der Waals surface area contributed by atoms with E-state index >= 15 is 0 Å². The van der Waals surface area contributed by atoms with Crippen LogP contribution in [0.15, 0.2) is 97.1 Å². The second-order valence-corrected chi connectivity index (χ2v) is 9.04. The maximum atomic E-state index is 13.8. The van der Waals surface area contributed by atoms with Crippen LogP contribution in [0, 0.1) is 5.92 Å². The SMILES string of the molecule is COc1ccc(-c2ccc(N3CCCC(C(=O)N(Cc4ccccc4)c4ccccc4)C3)nn2)cc1. The van der Waals surface area contributed by atoms with Crippen LogP contribution < -0.4 is 14.5 Å². The van der Waals surface area contributed by atoms with Crippen LogP contribution in [0.2, 0.25) is 0 Å². The Bertz CT molecular complexity index is 1260. The molecule has 6 heteroatoms. The van der Waals surface area contributed by atoms with E-state index in [0.717, 1.165) is 53.5 Å². The minimum Gasteiger partial charge on any atom is -0.497 e. The molecule has 1 saturated heterocycles. The first-order valence-electron chi connectivity index (χ1n) is 12.3. The van der Waals surface area contributed by atoms with Crippen molar-refractivity contribution in [2.24, 2.45) is 5.92 Å². The van der Waals surface area contributed by atoms with Crippen molar-refractivity contribution in [2.75, 3.05) is 30.0 Å². The van der Waals surface area contributed by atoms with Crippen molar-refractivity contribution >= 4 is 17.4 Å². The maximum Gasteiger partial charge on any atom is 0.232 e. The van der Waals surface area contributed by atoms with E-state index in [-0.39, 0.29) is 11.8 Å². The van der Waals surface area contributed by atoms with Gasteiger partial charge in [0.15, 0.2) is 5.82 Å². The number of ether oxygens (including phenoxy) is 1. The Balaban J connectivity index is 1.32. The van der Waals surface area contributed by atoms with Gasteiger partial charge in [0.1, 0.15) is 5.75 Å². The van der Waals surface area contributed by atoms with E-state index < -0.39 is 0 Å². The van der Waals surface area contributed by atoms with Crippen molar-refractivity contribution in [1.29, 1.82) is 0 Å². The minimum atomic E-state index is -0.106. The molecule has 1 unspecified atom stereocenters. The number of carbonyl (C=O) groups is 1. The number of rotatable bonds is 7. The van der Waals surface area contributed by atoms with E-state index in [0.29, 0.717) is 13.1 Å². The van der Waals surface area contributed by atoms with Crippen LogP contribution in [0.5, 0.6) is 5.75 Å². The number of para-hydroxylation sites is 1. The van der Waals surface area contributed by atoms with E-state index in [4.69, 9.17) is 4.74 Å². The molecule has 36 heavy (non-hydrogen) atoms. The molecule has 0 saturated carbocycles. The Labute approximate surface area is 212 Å². The molecule has 1 fully saturated rings. The third kappa shape index (κ3) is 5.38. The summed E-state index contributed by atoms with van der Waals surface area (Å²) in [6.45, 7) is 2.05. The van der Waals surface area contributed by atoms with Crippen molar-refractivity contribution in [3.8, 4) is 17.0 Å². The number of amides is 1. The number of anilines is 2. The van der Waals surface area contributed by atoms with Crippen LogP contribution in [0.4, 0.5) is 11.5 Å². The molecule has 0 N–H and O–H groups in total. The maximum absolute atomic E-state index is 13.8. The quantitative estimate of drug-likeness (QED) is 0.346. The standard InChI is InChI=1S/C30H30N4O2/c1-36-27-16-14-24(15-17-27)28-18-19-29(32-31-28)33-20-8-11-25(22-33)30(35)34(26-12-6-3-7-13-26)21-23-9-4-2-5-10-23/h2-7,9-10,12-19,25H,8,11,20-22H2,1H3. The first kappa shape index (κ1) is 23.5.